The maximum absolute atomic E-state index is 5.91. The number of aromatic nitrogens is 3. The van der Waals surface area contributed by atoms with Crippen LogP contribution in [0.2, 0.25) is 5.02 Å². The summed E-state index contributed by atoms with van der Waals surface area (Å²) in [5.41, 5.74) is 3.48. The van der Waals surface area contributed by atoms with E-state index in [9.17, 15) is 0 Å². The van der Waals surface area contributed by atoms with E-state index in [-0.39, 0.29) is 18.0 Å². The number of nitrogens with zero attached hydrogens (tertiary/aromatic N) is 4. The van der Waals surface area contributed by atoms with Crippen molar-refractivity contribution in [2.24, 2.45) is 5.84 Å². The van der Waals surface area contributed by atoms with Crippen LogP contribution in [0.1, 0.15) is 18.5 Å². The standard InChI is InChI=1S/C13H17ClN6O/c1-8(9-4-6-10(14)7-5-9)20(2)12-16-11(19-15)17-13(18-12)21-3/h4-8H,15H2,1-3H3,(H,16,17,18,19). The Morgan fingerprint density at radius 1 is 1.24 bits per heavy atom. The lowest BCUT2D eigenvalue weighted by Gasteiger charge is -2.25. The number of hydrogen-bond donors (Lipinski definition) is 2. The van der Waals surface area contributed by atoms with Gasteiger partial charge < -0.3 is 9.64 Å². The van der Waals surface area contributed by atoms with Crippen LogP contribution in [0.5, 0.6) is 6.01 Å². The minimum absolute atomic E-state index is 0.0417. The fraction of sp³-hybridized carbons (Fsp3) is 0.308. The highest BCUT2D eigenvalue weighted by Crippen LogP contribution is 2.25. The largest absolute Gasteiger partial charge is 0.467 e. The fourth-order valence-corrected chi connectivity index (χ4v) is 1.92. The Labute approximate surface area is 128 Å². The summed E-state index contributed by atoms with van der Waals surface area (Å²) in [6.45, 7) is 2.04. The predicted octanol–water partition coefficient (Wildman–Crippen LogP) is 2.02. The molecule has 8 heteroatoms. The number of methoxy groups -OCH3 is 1. The van der Waals surface area contributed by atoms with Crippen molar-refractivity contribution in [3.05, 3.63) is 34.9 Å². The second kappa shape index (κ2) is 6.55. The van der Waals surface area contributed by atoms with Gasteiger partial charge in [0.1, 0.15) is 0 Å². The second-order valence-electron chi connectivity index (χ2n) is 4.43. The summed E-state index contributed by atoms with van der Waals surface area (Å²) in [6.07, 6.45) is 0. The average Bonchev–Trinajstić information content (AvgIpc) is 2.53. The molecular formula is C13H17ClN6O. The smallest absolute Gasteiger partial charge is 0.322 e. The Kier molecular flexibility index (Phi) is 4.77. The van der Waals surface area contributed by atoms with Crippen molar-refractivity contribution in [1.29, 1.82) is 0 Å². The van der Waals surface area contributed by atoms with E-state index >= 15 is 0 Å². The van der Waals surface area contributed by atoms with Gasteiger partial charge in [-0.1, -0.05) is 23.7 Å². The van der Waals surface area contributed by atoms with E-state index in [0.717, 1.165) is 5.56 Å². The molecule has 0 radical (unpaired) electrons. The number of nitrogen functional groups attached to an aromatic ring is 1. The number of ether oxygens (including phenoxy) is 1. The Morgan fingerprint density at radius 2 is 1.90 bits per heavy atom. The van der Waals surface area contributed by atoms with Gasteiger partial charge in [-0.3, -0.25) is 5.43 Å². The molecule has 0 spiro atoms. The number of hydrogen-bond acceptors (Lipinski definition) is 7. The predicted molar refractivity (Wildman–Crippen MR) is 82.5 cm³/mol. The van der Waals surface area contributed by atoms with Gasteiger partial charge in [-0.05, 0) is 24.6 Å². The SMILES string of the molecule is COc1nc(NN)nc(N(C)C(C)c2ccc(Cl)cc2)n1. The van der Waals surface area contributed by atoms with Crippen molar-refractivity contribution in [3.63, 3.8) is 0 Å². The van der Waals surface area contributed by atoms with Gasteiger partial charge >= 0.3 is 6.01 Å². The molecule has 0 amide bonds. The monoisotopic (exact) mass is 308 g/mol. The van der Waals surface area contributed by atoms with Gasteiger partial charge in [-0.15, -0.1) is 0 Å². The number of nitrogens with one attached hydrogen (secondary N) is 1. The lowest BCUT2D eigenvalue weighted by atomic mass is 10.1. The number of nitrogens with two attached hydrogens (primary N) is 1. The first-order valence-corrected chi connectivity index (χ1v) is 6.68. The Balaban J connectivity index is 2.29. The quantitative estimate of drug-likeness (QED) is 0.645. The second-order valence-corrected chi connectivity index (χ2v) is 4.86. The number of halogens is 1. The first kappa shape index (κ1) is 15.3. The van der Waals surface area contributed by atoms with E-state index in [1.165, 1.54) is 7.11 Å². The van der Waals surface area contributed by atoms with Crippen LogP contribution in [-0.4, -0.2) is 29.1 Å². The van der Waals surface area contributed by atoms with E-state index in [1.54, 1.807) is 0 Å². The third-order valence-electron chi connectivity index (χ3n) is 3.16. The zero-order valence-electron chi connectivity index (χ0n) is 12.0. The lowest BCUT2D eigenvalue weighted by molar-refractivity contribution is 0.378. The van der Waals surface area contributed by atoms with Gasteiger partial charge in [-0.25, -0.2) is 5.84 Å². The maximum atomic E-state index is 5.91. The topological polar surface area (TPSA) is 89.2 Å². The summed E-state index contributed by atoms with van der Waals surface area (Å²) in [5, 5.41) is 0.699. The molecule has 3 N–H and O–H groups in total. The van der Waals surface area contributed by atoms with Gasteiger partial charge in [0.2, 0.25) is 11.9 Å². The lowest BCUT2D eigenvalue weighted by Crippen LogP contribution is -2.25. The maximum Gasteiger partial charge on any atom is 0.322 e. The highest BCUT2D eigenvalue weighted by Gasteiger charge is 2.17. The molecule has 1 aromatic heterocycles. The van der Waals surface area contributed by atoms with Crippen molar-refractivity contribution in [2.45, 2.75) is 13.0 Å². The van der Waals surface area contributed by atoms with E-state index < -0.39 is 0 Å². The molecule has 1 atom stereocenters. The number of benzene rings is 1. The van der Waals surface area contributed by atoms with E-state index in [4.69, 9.17) is 22.2 Å². The normalized spacial score (nSPS) is 11.9. The van der Waals surface area contributed by atoms with Crippen molar-refractivity contribution < 1.29 is 4.74 Å². The summed E-state index contributed by atoms with van der Waals surface area (Å²) >= 11 is 5.91. The molecular weight excluding hydrogens is 292 g/mol. The van der Waals surface area contributed by atoms with Gasteiger partial charge in [-0.2, -0.15) is 15.0 Å². The van der Waals surface area contributed by atoms with Crippen molar-refractivity contribution in [2.75, 3.05) is 24.5 Å². The Morgan fingerprint density at radius 3 is 2.48 bits per heavy atom. The summed E-state index contributed by atoms with van der Waals surface area (Å²) in [6, 6.07) is 7.86. The molecule has 1 unspecified atom stereocenters. The molecule has 1 heterocycles. The van der Waals surface area contributed by atoms with Crippen LogP contribution in [0.4, 0.5) is 11.9 Å². The van der Waals surface area contributed by atoms with Crippen LogP contribution >= 0.6 is 11.6 Å². The molecule has 2 aromatic rings. The minimum atomic E-state index is 0.0417. The number of anilines is 2. The zero-order valence-corrected chi connectivity index (χ0v) is 12.8. The zero-order chi connectivity index (χ0) is 15.4. The van der Waals surface area contributed by atoms with Gasteiger partial charge in [0.15, 0.2) is 0 Å². The van der Waals surface area contributed by atoms with E-state index in [0.29, 0.717) is 11.0 Å². The molecule has 0 saturated carbocycles. The molecule has 0 aliphatic rings. The van der Waals surface area contributed by atoms with Crippen LogP contribution in [-0.2, 0) is 0 Å². The molecule has 21 heavy (non-hydrogen) atoms. The van der Waals surface area contributed by atoms with Crippen LogP contribution in [0, 0.1) is 0 Å². The average molecular weight is 309 g/mol. The van der Waals surface area contributed by atoms with Crippen LogP contribution in [0.15, 0.2) is 24.3 Å². The molecule has 2 rings (SSSR count). The number of rotatable bonds is 5. The molecule has 0 bridgehead atoms. The summed E-state index contributed by atoms with van der Waals surface area (Å²) < 4.78 is 5.05. The van der Waals surface area contributed by atoms with Crippen LogP contribution < -0.4 is 20.9 Å². The summed E-state index contributed by atoms with van der Waals surface area (Å²) in [4.78, 5) is 14.3. The van der Waals surface area contributed by atoms with Crippen LogP contribution in [0.25, 0.3) is 0 Å². The molecule has 0 fully saturated rings. The molecule has 0 aliphatic heterocycles. The van der Waals surface area contributed by atoms with Gasteiger partial charge in [0.05, 0.1) is 13.2 Å². The highest BCUT2D eigenvalue weighted by atomic mass is 35.5. The minimum Gasteiger partial charge on any atom is -0.467 e. The van der Waals surface area contributed by atoms with E-state index in [1.807, 2.05) is 43.1 Å². The van der Waals surface area contributed by atoms with Crippen LogP contribution in [0.3, 0.4) is 0 Å². The Bertz CT molecular complexity index is 584. The van der Waals surface area contributed by atoms with Crippen molar-refractivity contribution >= 4 is 23.5 Å². The van der Waals surface area contributed by atoms with Gasteiger partial charge in [0.25, 0.3) is 0 Å². The third kappa shape index (κ3) is 3.50. The Hall–Kier alpha value is -2.12. The third-order valence-corrected chi connectivity index (χ3v) is 3.42. The summed E-state index contributed by atoms with van der Waals surface area (Å²) in [7, 11) is 3.37. The highest BCUT2D eigenvalue weighted by molar-refractivity contribution is 6.30. The summed E-state index contributed by atoms with van der Waals surface area (Å²) in [5.74, 6) is 6.05. The molecule has 0 saturated heterocycles. The molecule has 112 valence electrons. The van der Waals surface area contributed by atoms with Gasteiger partial charge in [0, 0.05) is 12.1 Å². The van der Waals surface area contributed by atoms with Crippen molar-refractivity contribution in [3.8, 4) is 6.01 Å². The molecule has 7 nitrogen and oxygen atoms in total. The molecule has 1 aromatic carbocycles. The fourth-order valence-electron chi connectivity index (χ4n) is 1.80. The first-order chi connectivity index (χ1) is 10.0. The molecule has 0 aliphatic carbocycles. The number of hydrazine groups is 1. The van der Waals surface area contributed by atoms with Crippen molar-refractivity contribution in [1.82, 2.24) is 15.0 Å². The van der Waals surface area contributed by atoms with E-state index in [2.05, 4.69) is 20.4 Å². The first-order valence-electron chi connectivity index (χ1n) is 6.30.